The highest BCUT2D eigenvalue weighted by molar-refractivity contribution is 7.20. The molecular weight excluding hydrogens is 389 g/mol. The van der Waals surface area contributed by atoms with E-state index >= 15 is 0 Å². The van der Waals surface area contributed by atoms with Gasteiger partial charge in [-0.25, -0.2) is 9.97 Å². The van der Waals surface area contributed by atoms with Crippen LogP contribution in [0, 0.1) is 13.8 Å². The first-order chi connectivity index (χ1) is 13.2. The predicted octanol–water partition coefficient (Wildman–Crippen LogP) is 3.95. The largest absolute Gasteiger partial charge is 0.433 e. The average Bonchev–Trinajstić information content (AvgIpc) is 3.01. The molecule has 0 bridgehead atoms. The van der Waals surface area contributed by atoms with Crippen LogP contribution < -0.4 is 10.2 Å². The number of thiophene rings is 1. The molecule has 1 N–H and O–H groups in total. The number of carbonyl (C=O) groups excluding carboxylic acids is 1. The number of hydrogen-bond acceptors (Lipinski definition) is 5. The molecule has 0 radical (unpaired) electrons. The number of fused-ring (bicyclic) bond motifs is 1. The molecule has 3 aromatic heterocycles. The summed E-state index contributed by atoms with van der Waals surface area (Å²) in [5, 5.41) is 3.94. The molecule has 1 amide bonds. The van der Waals surface area contributed by atoms with Gasteiger partial charge in [-0.05, 0) is 43.7 Å². The standard InChI is InChI=1S/C19H17F3N4OS/c1-10-5-11(2)24-18-14(10)6-15(28-18)17(27)25-12-8-26(9-12)13-3-4-16(23-7-13)19(20,21)22/h3-7,12H,8-9H2,1-2H3,(H,25,27). The Hall–Kier alpha value is -2.68. The van der Waals surface area contributed by atoms with E-state index in [1.807, 2.05) is 30.9 Å². The van der Waals surface area contributed by atoms with Gasteiger partial charge in [0.1, 0.15) is 10.5 Å². The molecule has 0 atom stereocenters. The van der Waals surface area contributed by atoms with E-state index in [2.05, 4.69) is 15.3 Å². The molecule has 28 heavy (non-hydrogen) atoms. The molecule has 4 rings (SSSR count). The van der Waals surface area contributed by atoms with Crippen LogP contribution in [0.1, 0.15) is 26.6 Å². The maximum absolute atomic E-state index is 12.6. The van der Waals surface area contributed by atoms with Crippen LogP contribution in [0.2, 0.25) is 0 Å². The predicted molar refractivity (Wildman–Crippen MR) is 102 cm³/mol. The van der Waals surface area contributed by atoms with E-state index in [1.165, 1.54) is 23.6 Å². The smallest absolute Gasteiger partial charge is 0.366 e. The molecule has 1 aliphatic rings. The second kappa shape index (κ2) is 6.73. The zero-order valence-electron chi connectivity index (χ0n) is 15.2. The van der Waals surface area contributed by atoms with Crippen LogP contribution in [-0.2, 0) is 6.18 Å². The molecule has 1 saturated heterocycles. The van der Waals surface area contributed by atoms with Crippen LogP contribution in [0.25, 0.3) is 10.2 Å². The normalized spacial score (nSPS) is 15.0. The summed E-state index contributed by atoms with van der Waals surface area (Å²) in [6, 6.07) is 6.15. The summed E-state index contributed by atoms with van der Waals surface area (Å²) in [4.78, 5) is 23.8. The average molecular weight is 406 g/mol. The van der Waals surface area contributed by atoms with Gasteiger partial charge in [0, 0.05) is 24.2 Å². The lowest BCUT2D eigenvalue weighted by Gasteiger charge is -2.41. The van der Waals surface area contributed by atoms with Gasteiger partial charge in [0.2, 0.25) is 0 Å². The molecule has 9 heteroatoms. The fourth-order valence-corrected chi connectivity index (χ4v) is 4.28. The van der Waals surface area contributed by atoms with Crippen molar-refractivity contribution in [2.24, 2.45) is 0 Å². The fraction of sp³-hybridized carbons (Fsp3) is 0.316. The van der Waals surface area contributed by atoms with E-state index in [1.54, 1.807) is 0 Å². The summed E-state index contributed by atoms with van der Waals surface area (Å²) in [5.74, 6) is -0.157. The number of pyridine rings is 2. The molecule has 4 heterocycles. The first-order valence-corrected chi connectivity index (χ1v) is 9.49. The fourth-order valence-electron chi connectivity index (χ4n) is 3.22. The second-order valence-electron chi connectivity index (χ2n) is 6.88. The Kier molecular flexibility index (Phi) is 4.49. The summed E-state index contributed by atoms with van der Waals surface area (Å²) in [6.45, 7) is 4.97. The number of hydrogen-bond donors (Lipinski definition) is 1. The van der Waals surface area contributed by atoms with Crippen molar-refractivity contribution in [2.75, 3.05) is 18.0 Å². The Balaban J connectivity index is 1.38. The summed E-state index contributed by atoms with van der Waals surface area (Å²) in [5.41, 5.74) is 1.70. The Labute approximate surface area is 163 Å². The number of aryl methyl sites for hydroxylation is 2. The number of anilines is 1. The van der Waals surface area contributed by atoms with E-state index in [0.717, 1.165) is 27.5 Å². The van der Waals surface area contributed by atoms with Crippen LogP contribution in [0.3, 0.4) is 0 Å². The Bertz CT molecular complexity index is 1040. The van der Waals surface area contributed by atoms with Crippen molar-refractivity contribution in [3.05, 3.63) is 52.3 Å². The maximum atomic E-state index is 12.6. The summed E-state index contributed by atoms with van der Waals surface area (Å²) in [6.07, 6.45) is -3.23. The summed E-state index contributed by atoms with van der Waals surface area (Å²) < 4.78 is 37.7. The first-order valence-electron chi connectivity index (χ1n) is 8.67. The Morgan fingerprint density at radius 2 is 2.00 bits per heavy atom. The minimum Gasteiger partial charge on any atom is -0.366 e. The Morgan fingerprint density at radius 1 is 1.25 bits per heavy atom. The van der Waals surface area contributed by atoms with Crippen molar-refractivity contribution in [1.82, 2.24) is 15.3 Å². The topological polar surface area (TPSA) is 58.1 Å². The summed E-state index contributed by atoms with van der Waals surface area (Å²) >= 11 is 1.36. The van der Waals surface area contributed by atoms with Crippen molar-refractivity contribution < 1.29 is 18.0 Å². The lowest BCUT2D eigenvalue weighted by molar-refractivity contribution is -0.141. The van der Waals surface area contributed by atoms with Gasteiger partial charge < -0.3 is 10.2 Å². The van der Waals surface area contributed by atoms with E-state index in [4.69, 9.17) is 0 Å². The van der Waals surface area contributed by atoms with Crippen molar-refractivity contribution in [1.29, 1.82) is 0 Å². The minimum absolute atomic E-state index is 0.0594. The third kappa shape index (κ3) is 3.54. The third-order valence-electron chi connectivity index (χ3n) is 4.68. The van der Waals surface area contributed by atoms with Gasteiger partial charge in [0.15, 0.2) is 0 Å². The number of nitrogens with one attached hydrogen (secondary N) is 1. The second-order valence-corrected chi connectivity index (χ2v) is 7.92. The number of aromatic nitrogens is 2. The minimum atomic E-state index is -4.44. The van der Waals surface area contributed by atoms with E-state index < -0.39 is 11.9 Å². The van der Waals surface area contributed by atoms with Crippen LogP contribution in [0.15, 0.2) is 30.5 Å². The highest BCUT2D eigenvalue weighted by Crippen LogP contribution is 2.30. The number of nitrogens with zero attached hydrogens (tertiary/aromatic N) is 3. The molecule has 146 valence electrons. The van der Waals surface area contributed by atoms with Crippen LogP contribution >= 0.6 is 11.3 Å². The number of rotatable bonds is 3. The quantitative estimate of drug-likeness (QED) is 0.716. The molecule has 0 aromatic carbocycles. The van der Waals surface area contributed by atoms with Crippen LogP contribution in [-0.4, -0.2) is 35.0 Å². The molecule has 0 unspecified atom stereocenters. The van der Waals surface area contributed by atoms with Crippen LogP contribution in [0.5, 0.6) is 0 Å². The van der Waals surface area contributed by atoms with Gasteiger partial charge in [0.05, 0.1) is 22.8 Å². The highest BCUT2D eigenvalue weighted by atomic mass is 32.1. The lowest BCUT2D eigenvalue weighted by Crippen LogP contribution is -2.59. The van der Waals surface area contributed by atoms with E-state index in [-0.39, 0.29) is 11.9 Å². The number of alkyl halides is 3. The van der Waals surface area contributed by atoms with Crippen molar-refractivity contribution in [3.63, 3.8) is 0 Å². The number of halogens is 3. The van der Waals surface area contributed by atoms with Gasteiger partial charge in [-0.2, -0.15) is 13.2 Å². The van der Waals surface area contributed by atoms with Gasteiger partial charge in [-0.15, -0.1) is 11.3 Å². The van der Waals surface area contributed by atoms with E-state index in [0.29, 0.717) is 23.7 Å². The maximum Gasteiger partial charge on any atom is 0.433 e. The molecule has 3 aromatic rings. The summed E-state index contributed by atoms with van der Waals surface area (Å²) in [7, 11) is 0. The molecule has 0 saturated carbocycles. The van der Waals surface area contributed by atoms with Gasteiger partial charge in [-0.1, -0.05) is 0 Å². The van der Waals surface area contributed by atoms with Crippen molar-refractivity contribution in [2.45, 2.75) is 26.1 Å². The number of amides is 1. The van der Waals surface area contributed by atoms with Gasteiger partial charge in [-0.3, -0.25) is 4.79 Å². The lowest BCUT2D eigenvalue weighted by atomic mass is 10.1. The Morgan fingerprint density at radius 3 is 2.64 bits per heavy atom. The zero-order valence-corrected chi connectivity index (χ0v) is 16.0. The first kappa shape index (κ1) is 18.7. The van der Waals surface area contributed by atoms with Gasteiger partial charge in [0.25, 0.3) is 5.91 Å². The van der Waals surface area contributed by atoms with Gasteiger partial charge >= 0.3 is 6.18 Å². The molecule has 1 aliphatic heterocycles. The molecule has 0 aliphatic carbocycles. The van der Waals surface area contributed by atoms with E-state index in [9.17, 15) is 18.0 Å². The molecule has 1 fully saturated rings. The number of carbonyl (C=O) groups is 1. The monoisotopic (exact) mass is 406 g/mol. The van der Waals surface area contributed by atoms with Crippen molar-refractivity contribution in [3.8, 4) is 0 Å². The van der Waals surface area contributed by atoms with Crippen molar-refractivity contribution >= 4 is 33.1 Å². The zero-order chi connectivity index (χ0) is 20.1. The third-order valence-corrected chi connectivity index (χ3v) is 5.71. The van der Waals surface area contributed by atoms with Crippen LogP contribution in [0.4, 0.5) is 18.9 Å². The molecule has 0 spiro atoms. The highest BCUT2D eigenvalue weighted by Gasteiger charge is 2.33. The molecule has 5 nitrogen and oxygen atoms in total. The SMILES string of the molecule is Cc1cc(C)c2cc(C(=O)NC3CN(c4ccc(C(F)(F)F)nc4)C3)sc2n1. The molecular formula is C19H17F3N4OS.